The second-order valence-electron chi connectivity index (χ2n) is 4.07. The molecule has 6 heteroatoms. The van der Waals surface area contributed by atoms with Crippen molar-refractivity contribution in [1.82, 2.24) is 4.90 Å². The molecule has 1 aliphatic rings. The summed E-state index contributed by atoms with van der Waals surface area (Å²) in [5.74, 6) is 0.536. The van der Waals surface area contributed by atoms with Crippen LogP contribution in [0.15, 0.2) is 17.5 Å². The van der Waals surface area contributed by atoms with Gasteiger partial charge in [0.05, 0.1) is 17.5 Å². The molecule has 0 aliphatic carbocycles. The Morgan fingerprint density at radius 1 is 1.44 bits per heavy atom. The van der Waals surface area contributed by atoms with Crippen molar-refractivity contribution in [3.8, 4) is 0 Å². The Kier molecular flexibility index (Phi) is 3.63. The van der Waals surface area contributed by atoms with Gasteiger partial charge in [-0.1, -0.05) is 6.07 Å². The smallest absolute Gasteiger partial charge is 0.152 e. The third kappa shape index (κ3) is 3.04. The zero-order valence-electron chi connectivity index (χ0n) is 9.00. The van der Waals surface area contributed by atoms with Crippen molar-refractivity contribution in [3.63, 3.8) is 0 Å². The Morgan fingerprint density at radius 2 is 2.12 bits per heavy atom. The molecule has 2 N–H and O–H groups in total. The van der Waals surface area contributed by atoms with E-state index in [2.05, 4.69) is 4.90 Å². The highest BCUT2D eigenvalue weighted by Gasteiger charge is 2.23. The molecule has 0 amide bonds. The Balaban J connectivity index is 1.87. The van der Waals surface area contributed by atoms with Crippen LogP contribution in [0.25, 0.3) is 0 Å². The van der Waals surface area contributed by atoms with Gasteiger partial charge in [0.25, 0.3) is 0 Å². The molecule has 1 fully saturated rings. The lowest BCUT2D eigenvalue weighted by Gasteiger charge is -2.28. The molecule has 1 aromatic heterocycles. The van der Waals surface area contributed by atoms with E-state index in [1.165, 1.54) is 0 Å². The minimum Gasteiger partial charge on any atom is -0.322 e. The van der Waals surface area contributed by atoms with Crippen molar-refractivity contribution in [2.45, 2.75) is 6.04 Å². The van der Waals surface area contributed by atoms with Crippen molar-refractivity contribution in [1.29, 1.82) is 0 Å². The van der Waals surface area contributed by atoms with E-state index in [9.17, 15) is 8.42 Å². The lowest BCUT2D eigenvalue weighted by molar-refractivity contribution is 0.279. The molecule has 1 unspecified atom stereocenters. The van der Waals surface area contributed by atoms with Crippen LogP contribution in [-0.2, 0) is 9.84 Å². The van der Waals surface area contributed by atoms with Crippen LogP contribution in [0.5, 0.6) is 0 Å². The highest BCUT2D eigenvalue weighted by Crippen LogP contribution is 2.18. The summed E-state index contributed by atoms with van der Waals surface area (Å²) in [6.07, 6.45) is 0. The first-order chi connectivity index (χ1) is 7.57. The first-order valence-corrected chi connectivity index (χ1v) is 7.99. The summed E-state index contributed by atoms with van der Waals surface area (Å²) in [5, 5.41) is 2.01. The first kappa shape index (κ1) is 12.0. The number of sulfone groups is 1. The van der Waals surface area contributed by atoms with E-state index in [-0.39, 0.29) is 17.5 Å². The molecule has 1 saturated heterocycles. The Morgan fingerprint density at radius 3 is 2.69 bits per heavy atom. The zero-order valence-corrected chi connectivity index (χ0v) is 10.6. The van der Waals surface area contributed by atoms with Gasteiger partial charge in [-0.05, 0) is 11.4 Å². The van der Waals surface area contributed by atoms with Crippen LogP contribution in [0.4, 0.5) is 0 Å². The van der Waals surface area contributed by atoms with Gasteiger partial charge >= 0.3 is 0 Å². The largest absolute Gasteiger partial charge is 0.322 e. The number of thiophene rings is 1. The van der Waals surface area contributed by atoms with Gasteiger partial charge in [-0.3, -0.25) is 4.90 Å². The lowest BCUT2D eigenvalue weighted by Crippen LogP contribution is -2.43. The maximum Gasteiger partial charge on any atom is 0.152 e. The molecular formula is C10H16N2O2S2. The zero-order chi connectivity index (χ0) is 11.6. The van der Waals surface area contributed by atoms with Gasteiger partial charge < -0.3 is 5.73 Å². The quantitative estimate of drug-likeness (QED) is 0.858. The molecule has 0 spiro atoms. The third-order valence-electron chi connectivity index (χ3n) is 2.80. The molecular weight excluding hydrogens is 244 g/mol. The van der Waals surface area contributed by atoms with Crippen LogP contribution in [0, 0.1) is 0 Å². The summed E-state index contributed by atoms with van der Waals surface area (Å²) in [5.41, 5.74) is 6.06. The Bertz CT molecular complexity index is 414. The maximum absolute atomic E-state index is 11.3. The summed E-state index contributed by atoms with van der Waals surface area (Å²) < 4.78 is 22.5. The normalized spacial score (nSPS) is 23.1. The van der Waals surface area contributed by atoms with Crippen LogP contribution >= 0.6 is 11.3 Å². The molecule has 2 heterocycles. The number of nitrogens with zero attached hydrogens (tertiary/aromatic N) is 1. The summed E-state index contributed by atoms with van der Waals surface area (Å²) in [6.45, 7) is 1.97. The monoisotopic (exact) mass is 260 g/mol. The van der Waals surface area contributed by atoms with Gasteiger partial charge in [0, 0.05) is 24.5 Å². The third-order valence-corrected chi connectivity index (χ3v) is 5.41. The second kappa shape index (κ2) is 4.83. The number of hydrogen-bond donors (Lipinski definition) is 1. The van der Waals surface area contributed by atoms with Gasteiger partial charge in [-0.15, -0.1) is 11.3 Å². The topological polar surface area (TPSA) is 63.4 Å². The average Bonchev–Trinajstić information content (AvgIpc) is 2.74. The lowest BCUT2D eigenvalue weighted by atomic mass is 10.2. The maximum atomic E-state index is 11.3. The summed E-state index contributed by atoms with van der Waals surface area (Å²) in [6, 6.07) is 4.01. The molecule has 0 aromatic carbocycles. The minimum absolute atomic E-state index is 0.000745. The van der Waals surface area contributed by atoms with Crippen molar-refractivity contribution in [2.24, 2.45) is 5.73 Å². The van der Waals surface area contributed by atoms with Gasteiger partial charge in [0.2, 0.25) is 0 Å². The SMILES string of the molecule is NC(CN1CCS(=O)(=O)CC1)c1cccs1. The minimum atomic E-state index is -2.79. The van der Waals surface area contributed by atoms with E-state index in [4.69, 9.17) is 5.73 Å². The van der Waals surface area contributed by atoms with E-state index in [0.29, 0.717) is 13.1 Å². The fourth-order valence-electron chi connectivity index (χ4n) is 1.80. The molecule has 0 saturated carbocycles. The molecule has 0 radical (unpaired) electrons. The average molecular weight is 260 g/mol. The highest BCUT2D eigenvalue weighted by molar-refractivity contribution is 7.91. The van der Waals surface area contributed by atoms with Crippen molar-refractivity contribution >= 4 is 21.2 Å². The van der Waals surface area contributed by atoms with Gasteiger partial charge in [-0.2, -0.15) is 0 Å². The molecule has 1 aromatic rings. The fraction of sp³-hybridized carbons (Fsp3) is 0.600. The standard InChI is InChI=1S/C10H16N2O2S2/c11-9(10-2-1-5-15-10)8-12-3-6-16(13,14)7-4-12/h1-2,5,9H,3-4,6-8,11H2. The molecule has 90 valence electrons. The number of nitrogens with two attached hydrogens (primary N) is 1. The van der Waals surface area contributed by atoms with Crippen LogP contribution in [-0.4, -0.2) is 44.5 Å². The highest BCUT2D eigenvalue weighted by atomic mass is 32.2. The fourth-order valence-corrected chi connectivity index (χ4v) is 3.80. The van der Waals surface area contributed by atoms with Gasteiger partial charge in [0.1, 0.15) is 0 Å². The summed E-state index contributed by atoms with van der Waals surface area (Å²) in [7, 11) is -2.79. The summed E-state index contributed by atoms with van der Waals surface area (Å²) in [4.78, 5) is 3.29. The second-order valence-corrected chi connectivity index (χ2v) is 7.36. The van der Waals surface area contributed by atoms with Crippen molar-refractivity contribution in [2.75, 3.05) is 31.1 Å². The molecule has 1 atom stereocenters. The Hall–Kier alpha value is -0.430. The van der Waals surface area contributed by atoms with Crippen molar-refractivity contribution < 1.29 is 8.42 Å². The first-order valence-electron chi connectivity index (χ1n) is 5.28. The van der Waals surface area contributed by atoms with Crippen LogP contribution in [0.1, 0.15) is 10.9 Å². The molecule has 4 nitrogen and oxygen atoms in total. The van der Waals surface area contributed by atoms with Crippen LogP contribution in [0.3, 0.4) is 0 Å². The van der Waals surface area contributed by atoms with E-state index in [0.717, 1.165) is 11.4 Å². The van der Waals surface area contributed by atoms with E-state index in [1.54, 1.807) is 11.3 Å². The Labute approximate surface area is 100.0 Å². The number of rotatable bonds is 3. The van der Waals surface area contributed by atoms with Crippen LogP contribution < -0.4 is 5.73 Å². The molecule has 1 aliphatic heterocycles. The van der Waals surface area contributed by atoms with Gasteiger partial charge in [-0.25, -0.2) is 8.42 Å². The number of hydrogen-bond acceptors (Lipinski definition) is 5. The van der Waals surface area contributed by atoms with E-state index >= 15 is 0 Å². The molecule has 16 heavy (non-hydrogen) atoms. The van der Waals surface area contributed by atoms with E-state index in [1.807, 2.05) is 17.5 Å². The molecule has 0 bridgehead atoms. The van der Waals surface area contributed by atoms with E-state index < -0.39 is 9.84 Å². The van der Waals surface area contributed by atoms with Crippen molar-refractivity contribution in [3.05, 3.63) is 22.4 Å². The van der Waals surface area contributed by atoms with Crippen LogP contribution in [0.2, 0.25) is 0 Å². The molecule has 2 rings (SSSR count). The van der Waals surface area contributed by atoms with Gasteiger partial charge in [0.15, 0.2) is 9.84 Å². The predicted molar refractivity (Wildman–Crippen MR) is 66.3 cm³/mol. The predicted octanol–water partition coefficient (Wildman–Crippen LogP) is 0.478. The summed E-state index contributed by atoms with van der Waals surface area (Å²) >= 11 is 1.65.